The van der Waals surface area contributed by atoms with Crippen molar-refractivity contribution in [3.63, 3.8) is 0 Å². The molecule has 6 radical (unpaired) electrons. The van der Waals surface area contributed by atoms with E-state index >= 15 is 0 Å². The first-order valence-corrected chi connectivity index (χ1v) is 25.9. The smallest absolute Gasteiger partial charge is 0.154 e. The molecule has 0 amide bonds. The zero-order valence-electron chi connectivity index (χ0n) is 32.9. The second-order valence-electron chi connectivity index (χ2n) is 13.4. The Balaban J connectivity index is 0.000000146. The van der Waals surface area contributed by atoms with Gasteiger partial charge in [-0.25, -0.2) is 0 Å². The Bertz CT molecular complexity index is 1870. The summed E-state index contributed by atoms with van der Waals surface area (Å²) < 4.78 is 0. The van der Waals surface area contributed by atoms with E-state index in [0.29, 0.717) is 0 Å². The van der Waals surface area contributed by atoms with Crippen molar-refractivity contribution in [2.45, 2.75) is 0 Å². The van der Waals surface area contributed by atoms with Gasteiger partial charge < -0.3 is 25.4 Å². The second kappa shape index (κ2) is 24.4. The van der Waals surface area contributed by atoms with Crippen molar-refractivity contribution in [3.8, 4) is 0 Å². The third-order valence-electron chi connectivity index (χ3n) is 9.56. The minimum atomic E-state index is -0.877. The Morgan fingerprint density at radius 1 is 0.169 bits per heavy atom. The zero-order chi connectivity index (χ0) is 40.7. The van der Waals surface area contributed by atoms with E-state index in [4.69, 9.17) is 0 Å². The van der Waals surface area contributed by atoms with E-state index in [1.165, 1.54) is 46.7 Å². The maximum absolute atomic E-state index is 4.56. The minimum absolute atomic E-state index is 0.877. The molecular formula is C54H45AlClSi3-. The molecule has 9 rings (SSSR count). The monoisotopic (exact) mass is 839 g/mol. The van der Waals surface area contributed by atoms with Gasteiger partial charge in [-0.3, -0.25) is 0 Å². The third-order valence-corrected chi connectivity index (χ3v) is 17.8. The molecule has 9 aromatic rings. The molecule has 0 N–H and O–H groups in total. The van der Waals surface area contributed by atoms with Crippen LogP contribution < -0.4 is 46.7 Å². The largest absolute Gasteiger partial charge is 0.589 e. The number of benzene rings is 9. The number of rotatable bonds is 9. The predicted octanol–water partition coefficient (Wildman–Crippen LogP) is 6.92. The molecule has 0 unspecified atom stereocenters. The van der Waals surface area contributed by atoms with Crippen molar-refractivity contribution in [2.75, 3.05) is 0 Å². The number of halogens is 1. The summed E-state index contributed by atoms with van der Waals surface area (Å²) in [4.78, 5) is 0. The summed E-state index contributed by atoms with van der Waals surface area (Å²) in [5.74, 6) is 0. The fraction of sp³-hybridized carbons (Fsp3) is 0. The van der Waals surface area contributed by atoms with Crippen molar-refractivity contribution in [1.29, 1.82) is 0 Å². The molecule has 5 heteroatoms. The Kier molecular flexibility index (Phi) is 17.8. The average molecular weight is 841 g/mol. The van der Waals surface area contributed by atoms with Gasteiger partial charge >= 0.3 is 0 Å². The van der Waals surface area contributed by atoms with Crippen molar-refractivity contribution >= 4 is 98.5 Å². The SMILES string of the molecule is [Al-][Cl].c1ccc([Si](c2ccccc2)c2ccccc2)cc1.c1ccc([Si](c2ccccc2)c2ccccc2)cc1.c1ccc([Si](c2ccccc2)c2ccccc2)cc1. The maximum Gasteiger partial charge on any atom is 0.154 e. The summed E-state index contributed by atoms with van der Waals surface area (Å²) in [6.45, 7) is 0. The molecule has 0 spiro atoms. The van der Waals surface area contributed by atoms with Crippen molar-refractivity contribution < 1.29 is 0 Å². The van der Waals surface area contributed by atoms with Crippen LogP contribution in [0.25, 0.3) is 0 Å². The van der Waals surface area contributed by atoms with Gasteiger partial charge in [0.15, 0.2) is 26.4 Å². The van der Waals surface area contributed by atoms with Gasteiger partial charge in [-0.05, 0) is 0 Å². The Morgan fingerprint density at radius 2 is 0.254 bits per heavy atom. The van der Waals surface area contributed by atoms with Crippen molar-refractivity contribution in [1.82, 2.24) is 0 Å². The molecule has 0 bridgehead atoms. The molecule has 9 aromatic carbocycles. The van der Waals surface area contributed by atoms with Gasteiger partial charge in [0.05, 0.1) is 0 Å². The quantitative estimate of drug-likeness (QED) is 0.110. The molecular weight excluding hydrogens is 795 g/mol. The summed E-state index contributed by atoms with van der Waals surface area (Å²) in [5, 5.41) is 12.9. The van der Waals surface area contributed by atoms with Crippen LogP contribution in [0, 0.1) is 0 Å². The van der Waals surface area contributed by atoms with Crippen LogP contribution in [0.1, 0.15) is 0 Å². The molecule has 0 nitrogen and oxygen atoms in total. The van der Waals surface area contributed by atoms with Crippen LogP contribution in [0.5, 0.6) is 0 Å². The summed E-state index contributed by atoms with van der Waals surface area (Å²) in [6.07, 6.45) is 0. The molecule has 284 valence electrons. The van der Waals surface area contributed by atoms with Gasteiger partial charge in [0.1, 0.15) is 0 Å². The Labute approximate surface area is 369 Å². The lowest BCUT2D eigenvalue weighted by Crippen LogP contribution is -2.51. The van der Waals surface area contributed by atoms with Crippen LogP contribution in [0.4, 0.5) is 0 Å². The van der Waals surface area contributed by atoms with Gasteiger partial charge in [-0.15, -0.1) is 0 Å². The second-order valence-corrected chi connectivity index (χ2v) is 20.9. The fourth-order valence-electron chi connectivity index (χ4n) is 6.94. The first-order chi connectivity index (χ1) is 29.3. The van der Waals surface area contributed by atoms with Crippen LogP contribution in [-0.4, -0.2) is 41.8 Å². The number of hydrogen-bond acceptors (Lipinski definition) is 0. The molecule has 0 aromatic heterocycles. The highest BCUT2D eigenvalue weighted by atomic mass is 35.6. The normalized spacial score (nSPS) is 10.3. The highest BCUT2D eigenvalue weighted by Crippen LogP contribution is 1.98. The lowest BCUT2D eigenvalue weighted by Gasteiger charge is -2.16. The van der Waals surface area contributed by atoms with E-state index in [9.17, 15) is 0 Å². The molecule has 0 saturated carbocycles. The average Bonchev–Trinajstić information content (AvgIpc) is 3.34. The zero-order valence-corrected chi connectivity index (χ0v) is 37.8. The molecule has 0 aliphatic heterocycles. The van der Waals surface area contributed by atoms with Crippen LogP contribution in [0.15, 0.2) is 273 Å². The molecule has 0 atom stereocenters. The van der Waals surface area contributed by atoms with Gasteiger partial charge in [0.25, 0.3) is 0 Å². The lowest BCUT2D eigenvalue weighted by molar-refractivity contribution is 1.71. The van der Waals surface area contributed by atoms with Gasteiger partial charge in [-0.2, -0.15) is 0 Å². The van der Waals surface area contributed by atoms with E-state index in [1.807, 2.05) is 15.4 Å². The van der Waals surface area contributed by atoms with Crippen LogP contribution in [0.2, 0.25) is 0 Å². The fourth-order valence-corrected chi connectivity index (χ4v) is 14.7. The van der Waals surface area contributed by atoms with Gasteiger partial charge in [0, 0.05) is 0 Å². The molecule has 0 heterocycles. The van der Waals surface area contributed by atoms with Crippen molar-refractivity contribution in [3.05, 3.63) is 273 Å². The van der Waals surface area contributed by atoms with Crippen LogP contribution in [-0.2, 0) is 0 Å². The van der Waals surface area contributed by atoms with E-state index in [1.54, 1.807) is 0 Å². The highest BCUT2D eigenvalue weighted by Gasteiger charge is 2.20. The third kappa shape index (κ3) is 12.7. The number of hydrogen-bond donors (Lipinski definition) is 0. The molecule has 0 aliphatic rings. The summed E-state index contributed by atoms with van der Waals surface area (Å²) in [5.41, 5.74) is 0. The molecule has 0 aliphatic carbocycles. The Hall–Kier alpha value is -5.55. The summed E-state index contributed by atoms with van der Waals surface area (Å²) in [6, 6.07) is 97.5. The summed E-state index contributed by atoms with van der Waals surface area (Å²) in [7, 11) is 1.92. The predicted molar refractivity (Wildman–Crippen MR) is 264 cm³/mol. The first kappa shape index (κ1) is 43.0. The lowest BCUT2D eigenvalue weighted by atomic mass is 10.3. The Morgan fingerprint density at radius 3 is 0.339 bits per heavy atom. The standard InChI is InChI=1S/3C18H15Si.Al.ClH/c3*1-4-10-16(11-5-1)19(17-12-6-2-7-13-17)18-14-8-3-9-15-18;;/h3*1-15H;;1H/p-1. The van der Waals surface area contributed by atoms with E-state index in [0.717, 1.165) is 0 Å². The highest BCUT2D eigenvalue weighted by molar-refractivity contribution is 6.96. The van der Waals surface area contributed by atoms with E-state index < -0.39 is 26.4 Å². The molecule has 0 fully saturated rings. The van der Waals surface area contributed by atoms with E-state index in [-0.39, 0.29) is 0 Å². The van der Waals surface area contributed by atoms with Gasteiger partial charge in [-0.1, -0.05) is 320 Å². The van der Waals surface area contributed by atoms with Crippen LogP contribution >= 0.6 is 10.0 Å². The van der Waals surface area contributed by atoms with E-state index in [2.05, 4.69) is 283 Å². The van der Waals surface area contributed by atoms with Crippen LogP contribution in [0.3, 0.4) is 0 Å². The van der Waals surface area contributed by atoms with Crippen molar-refractivity contribution in [2.24, 2.45) is 0 Å². The van der Waals surface area contributed by atoms with Gasteiger partial charge in [0.2, 0.25) is 0 Å². The molecule has 59 heavy (non-hydrogen) atoms. The topological polar surface area (TPSA) is 0 Å². The molecule has 0 saturated heterocycles. The summed E-state index contributed by atoms with van der Waals surface area (Å²) >= 11 is 1.89. The first-order valence-electron chi connectivity index (χ1n) is 19.7. The minimum Gasteiger partial charge on any atom is -0.589 e. The maximum atomic E-state index is 4.56.